The number of hydrogen-bond donors (Lipinski definition) is 1. The van der Waals surface area contributed by atoms with Gasteiger partial charge in [-0.05, 0) is 31.2 Å². The van der Waals surface area contributed by atoms with E-state index < -0.39 is 30.5 Å². The summed E-state index contributed by atoms with van der Waals surface area (Å²) in [6.45, 7) is 0.985. The van der Waals surface area contributed by atoms with Gasteiger partial charge >= 0.3 is 11.9 Å². The Bertz CT molecular complexity index is 1350. The summed E-state index contributed by atoms with van der Waals surface area (Å²) in [5, 5.41) is 6.70. The molecule has 1 aromatic carbocycles. The van der Waals surface area contributed by atoms with Gasteiger partial charge in [-0.3, -0.25) is 4.79 Å². The number of aryl methyl sites for hydroxylation is 1. The van der Waals surface area contributed by atoms with Crippen LogP contribution in [0.15, 0.2) is 46.2 Å². The number of nitrogens with zero attached hydrogens (tertiary/aromatic N) is 4. The quantitative estimate of drug-likeness (QED) is 0.588. The van der Waals surface area contributed by atoms with E-state index in [9.17, 15) is 14.4 Å². The lowest BCUT2D eigenvalue weighted by molar-refractivity contribution is -0.424. The Morgan fingerprint density at radius 2 is 2.20 bits per heavy atom. The highest BCUT2D eigenvalue weighted by Crippen LogP contribution is 2.29. The van der Waals surface area contributed by atoms with E-state index in [1.54, 1.807) is 25.1 Å². The maximum Gasteiger partial charge on any atom is 0.502 e. The van der Waals surface area contributed by atoms with Gasteiger partial charge in [-0.1, -0.05) is 16.8 Å². The summed E-state index contributed by atoms with van der Waals surface area (Å²) in [4.78, 5) is 44.5. The average Bonchev–Trinajstić information content (AvgIpc) is 3.46. The number of rotatable bonds is 6. The van der Waals surface area contributed by atoms with Crippen LogP contribution in [0.4, 0.5) is 10.5 Å². The molecule has 0 spiro atoms. The molecule has 12 nitrogen and oxygen atoms in total. The third-order valence-corrected chi connectivity index (χ3v) is 5.75. The maximum absolute atomic E-state index is 13.4. The van der Waals surface area contributed by atoms with Crippen molar-refractivity contribution in [1.29, 1.82) is 0 Å². The zero-order chi connectivity index (χ0) is 24.7. The average molecular weight is 501 g/mol. The van der Waals surface area contributed by atoms with Gasteiger partial charge in [0.25, 0.3) is 11.8 Å². The molecule has 5 rings (SSSR count). The molecule has 13 heteroatoms. The Morgan fingerprint density at radius 3 is 2.91 bits per heavy atom. The van der Waals surface area contributed by atoms with Crippen LogP contribution in [0.2, 0.25) is 5.02 Å². The fraction of sp³-hybridized carbons (Fsp3) is 0.273. The van der Waals surface area contributed by atoms with Gasteiger partial charge in [0.2, 0.25) is 0 Å². The topological polar surface area (TPSA) is 136 Å². The number of aromatic nitrogens is 2. The third kappa shape index (κ3) is 4.29. The van der Waals surface area contributed by atoms with E-state index in [0.29, 0.717) is 28.0 Å². The minimum atomic E-state index is -0.727. The number of hydrogen-bond acceptors (Lipinski definition) is 9. The highest BCUT2D eigenvalue weighted by Gasteiger charge is 2.48. The minimum Gasteiger partial charge on any atom is -0.495 e. The van der Waals surface area contributed by atoms with Crippen LogP contribution >= 0.6 is 11.6 Å². The van der Waals surface area contributed by atoms with Crippen molar-refractivity contribution >= 4 is 40.8 Å². The first-order valence-corrected chi connectivity index (χ1v) is 10.8. The van der Waals surface area contributed by atoms with E-state index in [1.165, 1.54) is 23.8 Å². The molecule has 1 fully saturated rings. The smallest absolute Gasteiger partial charge is 0.495 e. The lowest BCUT2D eigenvalue weighted by atomic mass is 9.97. The van der Waals surface area contributed by atoms with Crippen molar-refractivity contribution in [3.63, 3.8) is 0 Å². The monoisotopic (exact) mass is 500 g/mol. The molecular formula is C22H19ClN5O7+. The number of fused-ring (bicyclic) bond motifs is 2. The lowest BCUT2D eigenvalue weighted by Gasteiger charge is -2.24. The predicted octanol–water partition coefficient (Wildman–Crippen LogP) is 1.79. The van der Waals surface area contributed by atoms with E-state index >= 15 is 0 Å². The number of imide groups is 1. The Hall–Kier alpha value is -4.03. The molecule has 1 atom stereocenters. The maximum atomic E-state index is 13.4. The molecular weight excluding hydrogens is 482 g/mol. The normalized spacial score (nSPS) is 19.1. The van der Waals surface area contributed by atoms with E-state index in [-0.39, 0.29) is 30.5 Å². The number of allylic oxidation sites excluding steroid dienone is 1. The molecule has 0 bridgehead atoms. The Morgan fingerprint density at radius 1 is 1.37 bits per heavy atom. The number of amides is 4. The van der Waals surface area contributed by atoms with Crippen LogP contribution in [-0.4, -0.2) is 69.7 Å². The predicted molar refractivity (Wildman–Crippen MR) is 119 cm³/mol. The highest BCUT2D eigenvalue weighted by atomic mass is 35.5. The standard InChI is InChI=1S/C22H18ClN5O7/c1-11-24-20(35-26-11)9-28-21(30)13-6-17-18(34-10-33-17)7-15(13)27(22(28)31)8-19(29)25-12-3-4-16(32-2)14(23)5-12/h3-7,17H,8-10H2,1-2H3/p+1. The molecule has 0 radical (unpaired) electrons. The zero-order valence-corrected chi connectivity index (χ0v) is 19.4. The van der Waals surface area contributed by atoms with Crippen LogP contribution in [0.5, 0.6) is 5.75 Å². The van der Waals surface area contributed by atoms with Crippen LogP contribution in [0, 0.1) is 6.92 Å². The summed E-state index contributed by atoms with van der Waals surface area (Å²) >= 11 is 6.13. The molecule has 1 aliphatic carbocycles. The van der Waals surface area contributed by atoms with Crippen molar-refractivity contribution in [3.05, 3.63) is 58.4 Å². The minimum absolute atomic E-state index is 0.0133. The fourth-order valence-electron chi connectivity index (χ4n) is 3.85. The van der Waals surface area contributed by atoms with Gasteiger partial charge in [0.1, 0.15) is 28.9 Å². The van der Waals surface area contributed by atoms with Crippen LogP contribution in [-0.2, 0) is 25.6 Å². The van der Waals surface area contributed by atoms with Crippen LogP contribution in [0.25, 0.3) is 0 Å². The number of halogens is 1. The SMILES string of the molecule is COc1ccc(NC(=O)C[N+]2=C3C=C4OCOC4C=C3C(=O)N(Cc3nc(C)no3)C2=O)cc1Cl. The number of carbonyl (C=O) groups excluding carboxylic acids is 3. The molecule has 4 amide bonds. The number of benzene rings is 1. The molecule has 2 aliphatic heterocycles. The number of anilines is 1. The molecule has 1 unspecified atom stereocenters. The van der Waals surface area contributed by atoms with Crippen LogP contribution in [0.1, 0.15) is 11.7 Å². The fourth-order valence-corrected chi connectivity index (χ4v) is 4.11. The molecule has 35 heavy (non-hydrogen) atoms. The zero-order valence-electron chi connectivity index (χ0n) is 18.6. The van der Waals surface area contributed by atoms with Crippen molar-refractivity contribution in [2.75, 3.05) is 25.8 Å². The second kappa shape index (κ2) is 8.96. The van der Waals surface area contributed by atoms with E-state index in [2.05, 4.69) is 15.5 Å². The summed E-state index contributed by atoms with van der Waals surface area (Å²) in [5.41, 5.74) is 0.841. The lowest BCUT2D eigenvalue weighted by Crippen LogP contribution is -2.53. The molecule has 3 aliphatic rings. The molecule has 1 saturated heterocycles. The molecule has 2 aromatic rings. The van der Waals surface area contributed by atoms with Crippen molar-refractivity contribution in [2.24, 2.45) is 0 Å². The summed E-state index contributed by atoms with van der Waals surface area (Å²) in [6, 6.07) is 4.02. The van der Waals surface area contributed by atoms with Crippen LogP contribution < -0.4 is 10.1 Å². The summed E-state index contributed by atoms with van der Waals surface area (Å²) in [7, 11) is 1.48. The van der Waals surface area contributed by atoms with Crippen molar-refractivity contribution < 1.29 is 37.7 Å². The number of ether oxygens (including phenoxy) is 3. The molecule has 180 valence electrons. The van der Waals surface area contributed by atoms with Gasteiger partial charge in [0.05, 0.1) is 12.1 Å². The second-order valence-corrected chi connectivity index (χ2v) is 8.16. The Labute approximate surface area is 203 Å². The van der Waals surface area contributed by atoms with Gasteiger partial charge in [0.15, 0.2) is 25.7 Å². The molecule has 3 heterocycles. The number of carbonyl (C=O) groups is 3. The van der Waals surface area contributed by atoms with E-state index in [4.69, 9.17) is 30.3 Å². The Balaban J connectivity index is 1.46. The highest BCUT2D eigenvalue weighted by molar-refractivity contribution is 6.32. The molecule has 1 aromatic heterocycles. The largest absolute Gasteiger partial charge is 0.502 e. The van der Waals surface area contributed by atoms with Gasteiger partial charge in [-0.15, -0.1) is 4.90 Å². The first-order valence-electron chi connectivity index (χ1n) is 10.4. The van der Waals surface area contributed by atoms with E-state index in [1.807, 2.05) is 0 Å². The number of nitrogens with one attached hydrogen (secondary N) is 1. The molecule has 0 saturated carbocycles. The van der Waals surface area contributed by atoms with Crippen molar-refractivity contribution in [3.8, 4) is 5.75 Å². The van der Waals surface area contributed by atoms with Gasteiger partial charge in [-0.25, -0.2) is 4.79 Å². The van der Waals surface area contributed by atoms with Crippen LogP contribution in [0.3, 0.4) is 0 Å². The van der Waals surface area contributed by atoms with Crippen molar-refractivity contribution in [1.82, 2.24) is 15.0 Å². The van der Waals surface area contributed by atoms with Gasteiger partial charge in [-0.2, -0.15) is 14.4 Å². The van der Waals surface area contributed by atoms with Gasteiger partial charge < -0.3 is 24.1 Å². The first kappa shape index (κ1) is 22.7. The summed E-state index contributed by atoms with van der Waals surface area (Å²) < 4.78 is 22.3. The summed E-state index contributed by atoms with van der Waals surface area (Å²) in [5.74, 6) is 0.243. The van der Waals surface area contributed by atoms with E-state index in [0.717, 1.165) is 4.90 Å². The van der Waals surface area contributed by atoms with Crippen molar-refractivity contribution in [2.45, 2.75) is 19.6 Å². The Kier molecular flexibility index (Phi) is 5.83. The van der Waals surface area contributed by atoms with Gasteiger partial charge in [0, 0.05) is 11.8 Å². The molecule has 1 N–H and O–H groups in total. The number of methoxy groups -OCH3 is 1. The first-order chi connectivity index (χ1) is 16.8. The summed E-state index contributed by atoms with van der Waals surface area (Å²) in [6.07, 6.45) is 2.54. The second-order valence-electron chi connectivity index (χ2n) is 7.75. The third-order valence-electron chi connectivity index (χ3n) is 5.46. The number of urea groups is 1.